The summed E-state index contributed by atoms with van der Waals surface area (Å²) in [5.41, 5.74) is 4.47. The molecule has 0 atom stereocenters. The number of nitrogens with one attached hydrogen (secondary N) is 1. The largest absolute Gasteiger partial charge is 0.311 e. The highest BCUT2D eigenvalue weighted by atomic mass is 19.1. The van der Waals surface area contributed by atoms with Gasteiger partial charge in [0.25, 0.3) is 0 Å². The first kappa shape index (κ1) is 12.1. The average molecular weight is 271 g/mol. The molecule has 2 heterocycles. The van der Waals surface area contributed by atoms with E-state index < -0.39 is 0 Å². The summed E-state index contributed by atoms with van der Waals surface area (Å²) >= 11 is 0. The molecule has 0 bridgehead atoms. The molecule has 0 spiro atoms. The predicted octanol–water partition coefficient (Wildman–Crippen LogP) is 2.84. The first-order chi connectivity index (χ1) is 9.74. The Kier molecular flexibility index (Phi) is 2.67. The van der Waals surface area contributed by atoms with Crippen LogP contribution in [0.1, 0.15) is 41.5 Å². The Morgan fingerprint density at radius 3 is 3.00 bits per heavy atom. The molecule has 1 aliphatic carbocycles. The van der Waals surface area contributed by atoms with Crippen LogP contribution in [-0.2, 0) is 13.0 Å². The van der Waals surface area contributed by atoms with Crippen molar-refractivity contribution >= 4 is 0 Å². The van der Waals surface area contributed by atoms with E-state index in [4.69, 9.17) is 4.98 Å². The SMILES string of the molecule is Cc1ccc(F)cc1-n1c(C2CC2)nc2c1CCNC2. The minimum absolute atomic E-state index is 0.177. The molecule has 1 fully saturated rings. The summed E-state index contributed by atoms with van der Waals surface area (Å²) in [5, 5.41) is 3.37. The van der Waals surface area contributed by atoms with E-state index in [1.165, 1.54) is 24.6 Å². The van der Waals surface area contributed by atoms with E-state index in [0.29, 0.717) is 5.92 Å². The van der Waals surface area contributed by atoms with Gasteiger partial charge < -0.3 is 5.32 Å². The molecule has 4 heteroatoms. The number of aryl methyl sites for hydroxylation is 1. The second-order valence-corrected chi connectivity index (χ2v) is 5.83. The molecule has 4 rings (SSSR count). The van der Waals surface area contributed by atoms with E-state index in [-0.39, 0.29) is 5.82 Å². The molecular weight excluding hydrogens is 253 g/mol. The van der Waals surface area contributed by atoms with E-state index in [1.54, 1.807) is 6.07 Å². The van der Waals surface area contributed by atoms with Crippen molar-refractivity contribution in [3.05, 3.63) is 46.8 Å². The highest BCUT2D eigenvalue weighted by molar-refractivity contribution is 5.46. The van der Waals surface area contributed by atoms with Crippen molar-refractivity contribution in [2.45, 2.75) is 38.6 Å². The van der Waals surface area contributed by atoms with Gasteiger partial charge in [0.15, 0.2) is 0 Å². The molecule has 1 saturated carbocycles. The number of hydrogen-bond donors (Lipinski definition) is 1. The molecule has 20 heavy (non-hydrogen) atoms. The zero-order chi connectivity index (χ0) is 13.7. The molecule has 1 N–H and O–H groups in total. The van der Waals surface area contributed by atoms with Crippen molar-refractivity contribution in [1.82, 2.24) is 14.9 Å². The van der Waals surface area contributed by atoms with Crippen LogP contribution in [0.5, 0.6) is 0 Å². The summed E-state index contributed by atoms with van der Waals surface area (Å²) in [6, 6.07) is 5.03. The smallest absolute Gasteiger partial charge is 0.125 e. The fraction of sp³-hybridized carbons (Fsp3) is 0.438. The van der Waals surface area contributed by atoms with Gasteiger partial charge in [-0.3, -0.25) is 4.57 Å². The molecule has 3 nitrogen and oxygen atoms in total. The van der Waals surface area contributed by atoms with Gasteiger partial charge in [-0.2, -0.15) is 0 Å². The van der Waals surface area contributed by atoms with Gasteiger partial charge >= 0.3 is 0 Å². The van der Waals surface area contributed by atoms with Crippen molar-refractivity contribution in [2.24, 2.45) is 0 Å². The number of imidazole rings is 1. The van der Waals surface area contributed by atoms with E-state index in [1.807, 2.05) is 13.0 Å². The molecule has 2 aliphatic rings. The lowest BCUT2D eigenvalue weighted by molar-refractivity contribution is 0.614. The Balaban J connectivity index is 1.95. The minimum Gasteiger partial charge on any atom is -0.311 e. The third kappa shape index (κ3) is 1.86. The summed E-state index contributed by atoms with van der Waals surface area (Å²) in [6.07, 6.45) is 3.38. The maximum absolute atomic E-state index is 13.7. The average Bonchev–Trinajstić information content (AvgIpc) is 3.22. The Morgan fingerprint density at radius 1 is 1.35 bits per heavy atom. The Labute approximate surface area is 117 Å². The Bertz CT molecular complexity index is 671. The van der Waals surface area contributed by atoms with Crippen LogP contribution in [0.4, 0.5) is 4.39 Å². The second-order valence-electron chi connectivity index (χ2n) is 5.83. The normalized spacial score (nSPS) is 18.1. The summed E-state index contributed by atoms with van der Waals surface area (Å²) in [7, 11) is 0. The fourth-order valence-electron chi connectivity index (χ4n) is 3.04. The van der Waals surface area contributed by atoms with Gasteiger partial charge in [-0.25, -0.2) is 9.37 Å². The van der Waals surface area contributed by atoms with Gasteiger partial charge in [-0.05, 0) is 37.5 Å². The number of rotatable bonds is 2. The van der Waals surface area contributed by atoms with Crippen molar-refractivity contribution in [2.75, 3.05) is 6.54 Å². The van der Waals surface area contributed by atoms with E-state index in [0.717, 1.165) is 42.3 Å². The van der Waals surface area contributed by atoms with Crippen LogP contribution in [-0.4, -0.2) is 16.1 Å². The van der Waals surface area contributed by atoms with Gasteiger partial charge in [0.1, 0.15) is 11.6 Å². The van der Waals surface area contributed by atoms with Crippen LogP contribution < -0.4 is 5.32 Å². The van der Waals surface area contributed by atoms with E-state index in [2.05, 4.69) is 9.88 Å². The third-order valence-electron chi connectivity index (χ3n) is 4.27. The molecule has 2 aromatic rings. The van der Waals surface area contributed by atoms with Crippen molar-refractivity contribution in [3.63, 3.8) is 0 Å². The van der Waals surface area contributed by atoms with Crippen LogP contribution in [0, 0.1) is 12.7 Å². The number of halogens is 1. The van der Waals surface area contributed by atoms with Gasteiger partial charge in [-0.15, -0.1) is 0 Å². The van der Waals surface area contributed by atoms with Gasteiger partial charge in [0.2, 0.25) is 0 Å². The molecular formula is C16H18FN3. The standard InChI is InChI=1S/C16H18FN3/c1-10-2-5-12(17)8-15(10)20-14-6-7-18-9-13(14)19-16(20)11-3-4-11/h2,5,8,11,18H,3-4,6-7,9H2,1H3. The lowest BCUT2D eigenvalue weighted by Crippen LogP contribution is -2.25. The van der Waals surface area contributed by atoms with Crippen LogP contribution >= 0.6 is 0 Å². The number of benzene rings is 1. The lowest BCUT2D eigenvalue weighted by Gasteiger charge is -2.18. The van der Waals surface area contributed by atoms with Crippen LogP contribution in [0.25, 0.3) is 5.69 Å². The quantitative estimate of drug-likeness (QED) is 0.910. The summed E-state index contributed by atoms with van der Waals surface area (Å²) in [4.78, 5) is 4.84. The number of aromatic nitrogens is 2. The topological polar surface area (TPSA) is 29.9 Å². The molecule has 0 saturated heterocycles. The number of nitrogens with zero attached hydrogens (tertiary/aromatic N) is 2. The van der Waals surface area contributed by atoms with Gasteiger partial charge in [-0.1, -0.05) is 6.07 Å². The zero-order valence-electron chi connectivity index (χ0n) is 11.6. The Morgan fingerprint density at radius 2 is 2.20 bits per heavy atom. The summed E-state index contributed by atoms with van der Waals surface area (Å²) < 4.78 is 15.9. The van der Waals surface area contributed by atoms with E-state index >= 15 is 0 Å². The first-order valence-electron chi connectivity index (χ1n) is 7.31. The van der Waals surface area contributed by atoms with Gasteiger partial charge in [0.05, 0.1) is 11.4 Å². The molecule has 0 unspecified atom stereocenters. The molecule has 104 valence electrons. The maximum atomic E-state index is 13.7. The van der Waals surface area contributed by atoms with Crippen molar-refractivity contribution in [1.29, 1.82) is 0 Å². The highest BCUT2D eigenvalue weighted by Gasteiger charge is 2.32. The van der Waals surface area contributed by atoms with Gasteiger partial charge in [0, 0.05) is 31.1 Å². The van der Waals surface area contributed by atoms with Crippen LogP contribution in [0.3, 0.4) is 0 Å². The van der Waals surface area contributed by atoms with Crippen molar-refractivity contribution < 1.29 is 4.39 Å². The summed E-state index contributed by atoms with van der Waals surface area (Å²) in [6.45, 7) is 3.84. The minimum atomic E-state index is -0.177. The Hall–Kier alpha value is -1.68. The predicted molar refractivity (Wildman–Crippen MR) is 75.6 cm³/mol. The zero-order valence-corrected chi connectivity index (χ0v) is 11.6. The second kappa shape index (κ2) is 4.42. The van der Waals surface area contributed by atoms with Crippen LogP contribution in [0.15, 0.2) is 18.2 Å². The molecule has 1 aromatic heterocycles. The molecule has 1 aliphatic heterocycles. The highest BCUT2D eigenvalue weighted by Crippen LogP contribution is 2.42. The third-order valence-corrected chi connectivity index (χ3v) is 4.27. The monoisotopic (exact) mass is 271 g/mol. The van der Waals surface area contributed by atoms with E-state index in [9.17, 15) is 4.39 Å². The maximum Gasteiger partial charge on any atom is 0.125 e. The fourth-order valence-corrected chi connectivity index (χ4v) is 3.04. The number of hydrogen-bond acceptors (Lipinski definition) is 2. The lowest BCUT2D eigenvalue weighted by atomic mass is 10.1. The van der Waals surface area contributed by atoms with Crippen molar-refractivity contribution in [3.8, 4) is 5.69 Å². The summed E-state index contributed by atoms with van der Waals surface area (Å²) in [5.74, 6) is 1.51. The molecule has 0 amide bonds. The molecule has 0 radical (unpaired) electrons. The molecule has 1 aromatic carbocycles. The number of fused-ring (bicyclic) bond motifs is 1. The van der Waals surface area contributed by atoms with Crippen LogP contribution in [0.2, 0.25) is 0 Å². The first-order valence-corrected chi connectivity index (χ1v) is 7.31.